The number of hydrogen-bond acceptors (Lipinski definition) is 4. The Morgan fingerprint density at radius 1 is 1.40 bits per heavy atom. The van der Waals surface area contributed by atoms with Gasteiger partial charge < -0.3 is 5.11 Å². The molecule has 5 heteroatoms. The average Bonchev–Trinajstić information content (AvgIpc) is 2.93. The number of aromatic nitrogens is 1. The van der Waals surface area contributed by atoms with Gasteiger partial charge in [0.15, 0.2) is 0 Å². The highest BCUT2D eigenvalue weighted by molar-refractivity contribution is 5.81. The summed E-state index contributed by atoms with van der Waals surface area (Å²) in [5, 5.41) is 11.8. The summed E-state index contributed by atoms with van der Waals surface area (Å²) < 4.78 is 0. The Hall–Kier alpha value is -1.98. The standard InChI is InChI=1S/C15H16N2O3/c18-15(19)13-7-3-9-17(13)20-10-12-5-1-4-11-6-2-8-16-14(11)12/h1-2,4-6,8,13H,3,7,9-10H2,(H,18,19). The van der Waals surface area contributed by atoms with E-state index in [4.69, 9.17) is 9.94 Å². The van der Waals surface area contributed by atoms with Crippen molar-refractivity contribution in [1.82, 2.24) is 10.0 Å². The van der Waals surface area contributed by atoms with Gasteiger partial charge in [0, 0.05) is 23.7 Å². The third kappa shape index (κ3) is 2.50. The predicted octanol–water partition coefficient (Wildman–Crippen LogP) is 2.22. The fraction of sp³-hybridized carbons (Fsp3) is 0.333. The molecule has 2 aromatic rings. The molecule has 0 saturated carbocycles. The van der Waals surface area contributed by atoms with Gasteiger partial charge in [0.05, 0.1) is 12.1 Å². The van der Waals surface area contributed by atoms with E-state index in [-0.39, 0.29) is 0 Å². The van der Waals surface area contributed by atoms with Crippen molar-refractivity contribution in [2.45, 2.75) is 25.5 Å². The number of para-hydroxylation sites is 1. The van der Waals surface area contributed by atoms with Crippen molar-refractivity contribution in [3.63, 3.8) is 0 Å². The lowest BCUT2D eigenvalue weighted by Crippen LogP contribution is -2.35. The molecule has 1 atom stereocenters. The molecular formula is C15H16N2O3. The summed E-state index contributed by atoms with van der Waals surface area (Å²) in [5.74, 6) is -0.821. The summed E-state index contributed by atoms with van der Waals surface area (Å²) in [6.07, 6.45) is 3.25. The first-order chi connectivity index (χ1) is 9.75. The fourth-order valence-corrected chi connectivity index (χ4v) is 2.58. The van der Waals surface area contributed by atoms with E-state index < -0.39 is 12.0 Å². The van der Waals surface area contributed by atoms with Crippen molar-refractivity contribution in [2.24, 2.45) is 0 Å². The second kappa shape index (κ2) is 5.56. The summed E-state index contributed by atoms with van der Waals surface area (Å²) in [6.45, 7) is 1.01. The molecule has 20 heavy (non-hydrogen) atoms. The number of hydroxylamine groups is 2. The quantitative estimate of drug-likeness (QED) is 0.924. The molecule has 104 valence electrons. The molecule has 1 aromatic heterocycles. The largest absolute Gasteiger partial charge is 0.480 e. The highest BCUT2D eigenvalue weighted by atomic mass is 16.7. The maximum absolute atomic E-state index is 11.1. The summed E-state index contributed by atoms with van der Waals surface area (Å²) in [6, 6.07) is 9.29. The second-order valence-corrected chi connectivity index (χ2v) is 4.90. The Kier molecular flexibility index (Phi) is 3.62. The fourth-order valence-electron chi connectivity index (χ4n) is 2.58. The molecule has 1 N–H and O–H groups in total. The van der Waals surface area contributed by atoms with E-state index in [1.807, 2.05) is 30.3 Å². The number of fused-ring (bicyclic) bond motifs is 1. The normalized spacial score (nSPS) is 19.5. The van der Waals surface area contributed by atoms with E-state index in [1.165, 1.54) is 0 Å². The number of nitrogens with zero attached hydrogens (tertiary/aromatic N) is 2. The third-order valence-corrected chi connectivity index (χ3v) is 3.59. The maximum Gasteiger partial charge on any atom is 0.323 e. The number of pyridine rings is 1. The van der Waals surface area contributed by atoms with Crippen LogP contribution in [0.25, 0.3) is 10.9 Å². The molecule has 1 aliphatic rings. The van der Waals surface area contributed by atoms with Crippen LogP contribution in [-0.4, -0.2) is 33.7 Å². The lowest BCUT2D eigenvalue weighted by molar-refractivity contribution is -0.192. The Labute approximate surface area is 116 Å². The highest BCUT2D eigenvalue weighted by Gasteiger charge is 2.31. The minimum atomic E-state index is -0.821. The Bertz CT molecular complexity index is 624. The van der Waals surface area contributed by atoms with Crippen LogP contribution >= 0.6 is 0 Å². The van der Waals surface area contributed by atoms with Crippen molar-refractivity contribution < 1.29 is 14.7 Å². The van der Waals surface area contributed by atoms with Crippen LogP contribution in [0.15, 0.2) is 36.5 Å². The zero-order valence-corrected chi connectivity index (χ0v) is 11.0. The number of carboxylic acids is 1. The van der Waals surface area contributed by atoms with Crippen molar-refractivity contribution in [1.29, 1.82) is 0 Å². The summed E-state index contributed by atoms with van der Waals surface area (Å²) >= 11 is 0. The number of carbonyl (C=O) groups is 1. The van der Waals surface area contributed by atoms with E-state index in [1.54, 1.807) is 11.3 Å². The van der Waals surface area contributed by atoms with Gasteiger partial charge >= 0.3 is 5.97 Å². The lowest BCUT2D eigenvalue weighted by atomic mass is 10.1. The molecule has 2 heterocycles. The van der Waals surface area contributed by atoms with Gasteiger partial charge in [-0.25, -0.2) is 0 Å². The van der Waals surface area contributed by atoms with Gasteiger partial charge in [-0.15, -0.1) is 0 Å². The number of rotatable bonds is 4. The molecule has 0 amide bonds. The van der Waals surface area contributed by atoms with Crippen LogP contribution in [0.1, 0.15) is 18.4 Å². The Morgan fingerprint density at radius 2 is 2.25 bits per heavy atom. The van der Waals surface area contributed by atoms with Gasteiger partial charge in [0.25, 0.3) is 0 Å². The number of aliphatic carboxylic acids is 1. The SMILES string of the molecule is O=C(O)C1CCCN1OCc1cccc2cccnc12. The van der Waals surface area contributed by atoms with Crippen molar-refractivity contribution in [2.75, 3.05) is 6.54 Å². The first-order valence-corrected chi connectivity index (χ1v) is 6.71. The molecule has 1 aromatic carbocycles. The van der Waals surface area contributed by atoms with Crippen molar-refractivity contribution >= 4 is 16.9 Å². The van der Waals surface area contributed by atoms with Crippen molar-refractivity contribution in [3.05, 3.63) is 42.1 Å². The van der Waals surface area contributed by atoms with Crippen LogP contribution in [0, 0.1) is 0 Å². The average molecular weight is 272 g/mol. The summed E-state index contributed by atoms with van der Waals surface area (Å²) in [5.41, 5.74) is 1.88. The molecule has 3 rings (SSSR count). The highest BCUT2D eigenvalue weighted by Crippen LogP contribution is 2.21. The smallest absolute Gasteiger partial charge is 0.323 e. The molecule has 0 aliphatic carbocycles. The number of benzene rings is 1. The zero-order valence-electron chi connectivity index (χ0n) is 11.0. The molecule has 1 fully saturated rings. The minimum absolute atomic E-state index is 0.345. The topological polar surface area (TPSA) is 62.7 Å². The van der Waals surface area contributed by atoms with Gasteiger partial charge in [-0.05, 0) is 18.9 Å². The monoisotopic (exact) mass is 272 g/mol. The summed E-state index contributed by atoms with van der Waals surface area (Å²) in [4.78, 5) is 21.2. The van der Waals surface area contributed by atoms with E-state index in [0.29, 0.717) is 19.6 Å². The first kappa shape index (κ1) is 13.0. The first-order valence-electron chi connectivity index (χ1n) is 6.71. The summed E-state index contributed by atoms with van der Waals surface area (Å²) in [7, 11) is 0. The van der Waals surface area contributed by atoms with Gasteiger partial charge in [0.2, 0.25) is 0 Å². The predicted molar refractivity (Wildman–Crippen MR) is 73.9 cm³/mol. The molecule has 1 aliphatic heterocycles. The Morgan fingerprint density at radius 3 is 3.10 bits per heavy atom. The lowest BCUT2D eigenvalue weighted by Gasteiger charge is -2.20. The molecule has 1 saturated heterocycles. The molecule has 1 unspecified atom stereocenters. The third-order valence-electron chi connectivity index (χ3n) is 3.59. The molecule has 0 bridgehead atoms. The molecule has 0 spiro atoms. The zero-order chi connectivity index (χ0) is 13.9. The van der Waals surface area contributed by atoms with Crippen LogP contribution < -0.4 is 0 Å². The van der Waals surface area contributed by atoms with Crippen LogP contribution in [0.3, 0.4) is 0 Å². The van der Waals surface area contributed by atoms with E-state index in [0.717, 1.165) is 22.9 Å². The molecule has 5 nitrogen and oxygen atoms in total. The van der Waals surface area contributed by atoms with E-state index >= 15 is 0 Å². The van der Waals surface area contributed by atoms with Gasteiger partial charge in [-0.3, -0.25) is 14.6 Å². The van der Waals surface area contributed by atoms with Crippen LogP contribution in [0.5, 0.6) is 0 Å². The maximum atomic E-state index is 11.1. The van der Waals surface area contributed by atoms with Gasteiger partial charge in [-0.2, -0.15) is 5.06 Å². The second-order valence-electron chi connectivity index (χ2n) is 4.90. The van der Waals surface area contributed by atoms with Crippen LogP contribution in [0.4, 0.5) is 0 Å². The van der Waals surface area contributed by atoms with Gasteiger partial charge in [0.1, 0.15) is 6.04 Å². The Balaban J connectivity index is 1.76. The van der Waals surface area contributed by atoms with E-state index in [2.05, 4.69) is 4.98 Å². The van der Waals surface area contributed by atoms with E-state index in [9.17, 15) is 4.79 Å². The minimum Gasteiger partial charge on any atom is -0.480 e. The number of hydrogen-bond donors (Lipinski definition) is 1. The number of carboxylic acid groups (broad SMARTS) is 1. The van der Waals surface area contributed by atoms with Crippen LogP contribution in [-0.2, 0) is 16.2 Å². The molecular weight excluding hydrogens is 256 g/mol. The molecule has 0 radical (unpaired) electrons. The van der Waals surface area contributed by atoms with Crippen molar-refractivity contribution in [3.8, 4) is 0 Å². The van der Waals surface area contributed by atoms with Gasteiger partial charge in [-0.1, -0.05) is 24.3 Å². The van der Waals surface area contributed by atoms with Crippen LogP contribution in [0.2, 0.25) is 0 Å².